The molecule has 0 aliphatic carbocycles. The molecule has 0 fully saturated rings. The van der Waals surface area contributed by atoms with Gasteiger partial charge < -0.3 is 0 Å². The predicted molar refractivity (Wildman–Crippen MR) is 84.3 cm³/mol. The summed E-state index contributed by atoms with van der Waals surface area (Å²) in [5, 5.41) is 0. The van der Waals surface area contributed by atoms with Crippen molar-refractivity contribution in [1.29, 1.82) is 0 Å². The molecule has 0 aliphatic rings. The zero-order valence-corrected chi connectivity index (χ0v) is 13.1. The van der Waals surface area contributed by atoms with E-state index in [9.17, 15) is 13.2 Å². The van der Waals surface area contributed by atoms with E-state index in [-0.39, 0.29) is 11.1 Å². The van der Waals surface area contributed by atoms with Gasteiger partial charge in [0, 0.05) is 0 Å². The van der Waals surface area contributed by atoms with Gasteiger partial charge in [-0.15, -0.1) is 0 Å². The topological polar surface area (TPSA) is 0 Å². The van der Waals surface area contributed by atoms with Crippen molar-refractivity contribution in [3.63, 3.8) is 0 Å². The van der Waals surface area contributed by atoms with E-state index in [0.29, 0.717) is 5.56 Å². The molecule has 0 saturated heterocycles. The summed E-state index contributed by atoms with van der Waals surface area (Å²) in [5.41, 5.74) is 1.19. The fraction of sp³-hybridized carbons (Fsp3) is 0.368. The maximum absolute atomic E-state index is 14.0. The van der Waals surface area contributed by atoms with Crippen molar-refractivity contribution in [3.8, 4) is 11.1 Å². The van der Waals surface area contributed by atoms with Gasteiger partial charge in [-0.05, 0) is 42.5 Å². The Morgan fingerprint density at radius 2 is 1.55 bits per heavy atom. The second-order valence-corrected chi connectivity index (χ2v) is 5.69. The minimum atomic E-state index is -1.12. The van der Waals surface area contributed by atoms with Crippen LogP contribution in [0.15, 0.2) is 30.3 Å². The average Bonchev–Trinajstić information content (AvgIpc) is 2.51. The Morgan fingerprint density at radius 1 is 0.864 bits per heavy atom. The first-order chi connectivity index (χ1) is 10.5. The largest absolute Gasteiger partial charge is 0.206 e. The maximum Gasteiger partial charge on any atom is 0.169 e. The summed E-state index contributed by atoms with van der Waals surface area (Å²) >= 11 is 0. The average molecular weight is 306 g/mol. The van der Waals surface area contributed by atoms with Gasteiger partial charge in [-0.2, -0.15) is 0 Å². The van der Waals surface area contributed by atoms with Crippen molar-refractivity contribution < 1.29 is 13.2 Å². The molecule has 118 valence electrons. The molecule has 0 unspecified atom stereocenters. The molecule has 3 heteroatoms. The van der Waals surface area contributed by atoms with Crippen molar-refractivity contribution in [2.75, 3.05) is 0 Å². The highest BCUT2D eigenvalue weighted by atomic mass is 19.2. The summed E-state index contributed by atoms with van der Waals surface area (Å²) in [5.74, 6) is -2.83. The van der Waals surface area contributed by atoms with Gasteiger partial charge in [0.2, 0.25) is 0 Å². The molecule has 0 N–H and O–H groups in total. The van der Waals surface area contributed by atoms with E-state index >= 15 is 0 Å². The van der Waals surface area contributed by atoms with Gasteiger partial charge in [0.25, 0.3) is 0 Å². The van der Waals surface area contributed by atoms with E-state index in [1.165, 1.54) is 26.2 Å². The number of hydrogen-bond acceptors (Lipinski definition) is 0. The van der Waals surface area contributed by atoms with Gasteiger partial charge in [0.05, 0.1) is 5.56 Å². The molecule has 22 heavy (non-hydrogen) atoms. The van der Waals surface area contributed by atoms with Gasteiger partial charge >= 0.3 is 0 Å². The summed E-state index contributed by atoms with van der Waals surface area (Å²) in [7, 11) is 0. The molecule has 0 saturated carbocycles. The Hall–Kier alpha value is -1.77. The normalized spacial score (nSPS) is 11.0. The Kier molecular flexibility index (Phi) is 5.64. The molecule has 0 amide bonds. The molecule has 2 aromatic rings. The van der Waals surface area contributed by atoms with Crippen LogP contribution in [0, 0.1) is 24.4 Å². The van der Waals surface area contributed by atoms with E-state index in [1.807, 2.05) is 12.1 Å². The highest BCUT2D eigenvalue weighted by Crippen LogP contribution is 2.29. The fourth-order valence-corrected chi connectivity index (χ4v) is 2.57. The van der Waals surface area contributed by atoms with Gasteiger partial charge in [-0.3, -0.25) is 0 Å². The van der Waals surface area contributed by atoms with Crippen LogP contribution in [-0.2, 0) is 6.42 Å². The van der Waals surface area contributed by atoms with Crippen LogP contribution >= 0.6 is 0 Å². The molecular weight excluding hydrogens is 285 g/mol. The molecular formula is C19H21F3. The Balaban J connectivity index is 2.19. The van der Waals surface area contributed by atoms with Crippen LogP contribution in [0.2, 0.25) is 0 Å². The number of benzene rings is 2. The molecule has 0 aromatic heterocycles. The Morgan fingerprint density at radius 3 is 2.18 bits per heavy atom. The molecule has 0 atom stereocenters. The molecule has 2 rings (SSSR count). The summed E-state index contributed by atoms with van der Waals surface area (Å²) in [4.78, 5) is 0. The highest BCUT2D eigenvalue weighted by molar-refractivity contribution is 5.65. The van der Waals surface area contributed by atoms with Crippen LogP contribution in [0.4, 0.5) is 13.2 Å². The lowest BCUT2D eigenvalue weighted by Gasteiger charge is -2.09. The van der Waals surface area contributed by atoms with E-state index in [4.69, 9.17) is 0 Å². The number of hydrogen-bond donors (Lipinski definition) is 0. The summed E-state index contributed by atoms with van der Waals surface area (Å²) in [6, 6.07) is 8.07. The van der Waals surface area contributed by atoms with Gasteiger partial charge in [-0.1, -0.05) is 50.5 Å². The van der Waals surface area contributed by atoms with Crippen LogP contribution in [0.1, 0.15) is 43.7 Å². The van der Waals surface area contributed by atoms with Crippen LogP contribution in [0.5, 0.6) is 0 Å². The van der Waals surface area contributed by atoms with E-state index in [1.54, 1.807) is 12.1 Å². The third-order valence-electron chi connectivity index (χ3n) is 3.90. The predicted octanol–water partition coefficient (Wildman–Crippen LogP) is 6.20. The zero-order valence-electron chi connectivity index (χ0n) is 13.1. The second kappa shape index (κ2) is 7.48. The zero-order chi connectivity index (χ0) is 16.1. The molecule has 0 aliphatic heterocycles. The third-order valence-corrected chi connectivity index (χ3v) is 3.90. The molecule has 0 nitrogen and oxygen atoms in total. The number of aryl methyl sites for hydroxylation is 2. The Labute approximate surface area is 130 Å². The van der Waals surface area contributed by atoms with Crippen LogP contribution in [0.25, 0.3) is 11.1 Å². The standard InChI is InChI=1S/C19H21F3/c1-3-4-5-6-7-14-8-10-15(11-9-14)17-16(20)12-13(2)18(21)19(17)22/h8-12H,3-7H2,1-2H3. The highest BCUT2D eigenvalue weighted by Gasteiger charge is 2.18. The smallest absolute Gasteiger partial charge is 0.169 e. The summed E-state index contributed by atoms with van der Waals surface area (Å²) in [6.07, 6.45) is 5.65. The summed E-state index contributed by atoms with van der Waals surface area (Å²) < 4.78 is 41.6. The quantitative estimate of drug-likeness (QED) is 0.440. The molecule has 0 spiro atoms. The second-order valence-electron chi connectivity index (χ2n) is 5.69. The van der Waals surface area contributed by atoms with Crippen LogP contribution in [-0.4, -0.2) is 0 Å². The minimum Gasteiger partial charge on any atom is -0.206 e. The lowest BCUT2D eigenvalue weighted by Crippen LogP contribution is -1.98. The Bertz CT molecular complexity index is 630. The van der Waals surface area contributed by atoms with E-state index in [2.05, 4.69) is 6.92 Å². The van der Waals surface area contributed by atoms with E-state index in [0.717, 1.165) is 24.5 Å². The van der Waals surface area contributed by atoms with Crippen LogP contribution in [0.3, 0.4) is 0 Å². The van der Waals surface area contributed by atoms with Crippen molar-refractivity contribution in [2.45, 2.75) is 46.0 Å². The molecule has 0 bridgehead atoms. The minimum absolute atomic E-state index is 0.0219. The monoisotopic (exact) mass is 306 g/mol. The fourth-order valence-electron chi connectivity index (χ4n) is 2.57. The maximum atomic E-state index is 14.0. The first kappa shape index (κ1) is 16.6. The van der Waals surface area contributed by atoms with Gasteiger partial charge in [0.15, 0.2) is 11.6 Å². The molecule has 0 radical (unpaired) electrons. The lowest BCUT2D eigenvalue weighted by molar-refractivity contribution is 0.493. The van der Waals surface area contributed by atoms with E-state index < -0.39 is 17.5 Å². The van der Waals surface area contributed by atoms with Crippen molar-refractivity contribution in [1.82, 2.24) is 0 Å². The SMILES string of the molecule is CCCCCCc1ccc(-c2c(F)cc(C)c(F)c2F)cc1. The molecule has 2 aromatic carbocycles. The molecule has 0 heterocycles. The van der Waals surface area contributed by atoms with Gasteiger partial charge in [-0.25, -0.2) is 13.2 Å². The third kappa shape index (κ3) is 3.70. The van der Waals surface area contributed by atoms with Crippen LogP contribution < -0.4 is 0 Å². The van der Waals surface area contributed by atoms with Crippen molar-refractivity contribution in [3.05, 3.63) is 58.9 Å². The lowest BCUT2D eigenvalue weighted by atomic mass is 9.99. The number of unbranched alkanes of at least 4 members (excludes halogenated alkanes) is 3. The number of rotatable bonds is 6. The first-order valence-corrected chi connectivity index (χ1v) is 7.78. The van der Waals surface area contributed by atoms with Crippen molar-refractivity contribution in [2.24, 2.45) is 0 Å². The number of halogens is 3. The first-order valence-electron chi connectivity index (χ1n) is 7.78. The van der Waals surface area contributed by atoms with Gasteiger partial charge in [0.1, 0.15) is 5.82 Å². The van der Waals surface area contributed by atoms with Crippen molar-refractivity contribution >= 4 is 0 Å². The summed E-state index contributed by atoms with van der Waals surface area (Å²) in [6.45, 7) is 3.52.